The third-order valence-corrected chi connectivity index (χ3v) is 11.1. The van der Waals surface area contributed by atoms with Crippen LogP contribution >= 0.6 is 0 Å². The summed E-state index contributed by atoms with van der Waals surface area (Å²) in [5.74, 6) is 3.77. The van der Waals surface area contributed by atoms with Crippen LogP contribution in [0.25, 0.3) is 0 Å². The van der Waals surface area contributed by atoms with Crippen LogP contribution in [0.3, 0.4) is 0 Å². The fourth-order valence-electron chi connectivity index (χ4n) is 9.55. The predicted molar refractivity (Wildman–Crippen MR) is 127 cm³/mol. The molecule has 0 aromatic heterocycles. The van der Waals surface area contributed by atoms with E-state index in [-0.39, 0.29) is 29.6 Å². The normalized spacial score (nSPS) is 50.6. The molecule has 0 spiro atoms. The molecule has 4 fully saturated rings. The third-order valence-electron chi connectivity index (χ3n) is 11.1. The van der Waals surface area contributed by atoms with Gasteiger partial charge >= 0.3 is 0 Å². The van der Waals surface area contributed by atoms with Gasteiger partial charge in [0.05, 0.1) is 12.2 Å². The molecule has 2 N–H and O–H groups in total. The average molecular weight is 444 g/mol. The van der Waals surface area contributed by atoms with E-state index in [1.165, 1.54) is 19.3 Å². The zero-order chi connectivity index (χ0) is 22.9. The summed E-state index contributed by atoms with van der Waals surface area (Å²) < 4.78 is 0. The highest BCUT2D eigenvalue weighted by Gasteiger charge is 2.59. The van der Waals surface area contributed by atoms with E-state index in [2.05, 4.69) is 39.6 Å². The first-order valence-corrected chi connectivity index (χ1v) is 13.4. The van der Waals surface area contributed by atoms with E-state index < -0.39 is 0 Å². The molecule has 4 aliphatic carbocycles. The van der Waals surface area contributed by atoms with E-state index in [1.54, 1.807) is 11.1 Å². The molecule has 3 saturated carbocycles. The quantitative estimate of drug-likeness (QED) is 0.620. The van der Waals surface area contributed by atoms with Crippen LogP contribution in [0.4, 0.5) is 0 Å². The Kier molecular flexibility index (Phi) is 5.91. The molecule has 0 radical (unpaired) electrons. The van der Waals surface area contributed by atoms with Crippen molar-refractivity contribution in [2.45, 2.75) is 97.3 Å². The van der Waals surface area contributed by atoms with Crippen LogP contribution in [0.5, 0.6) is 0 Å². The number of nitrogens with zero attached hydrogens (tertiary/aromatic N) is 1. The molecule has 0 aromatic rings. The van der Waals surface area contributed by atoms with E-state index in [1.807, 2.05) is 0 Å². The van der Waals surface area contributed by atoms with Crippen molar-refractivity contribution in [1.82, 2.24) is 4.90 Å². The van der Waals surface area contributed by atoms with Crippen molar-refractivity contribution in [2.75, 3.05) is 13.6 Å². The van der Waals surface area contributed by atoms with Crippen molar-refractivity contribution in [3.8, 4) is 0 Å². The molecule has 5 rings (SSSR count). The zero-order valence-electron chi connectivity index (χ0n) is 20.9. The summed E-state index contributed by atoms with van der Waals surface area (Å²) in [4.78, 5) is 15.6. The number of likely N-dealkylation sites (tertiary alicyclic amines) is 1. The van der Waals surface area contributed by atoms with E-state index in [0.29, 0.717) is 47.7 Å². The molecule has 1 aliphatic heterocycles. The number of piperidine rings is 1. The van der Waals surface area contributed by atoms with Crippen LogP contribution in [-0.2, 0) is 4.79 Å². The Balaban J connectivity index is 1.41. The molecule has 0 aromatic carbocycles. The standard InChI is InChI=1S/C28H45NO3/c1-15-10-26(32)27(29(5)14-15)17(3)19-6-7-20-21(16(19)2)12-23-22(20)13-25(31)24-11-18(30)8-9-28(23,24)4/h15,17-20,22-24,26-27,30,32H,6-14H2,1-5H3/t15-,17-,18+,19+,20?,22?,23?,24-,26-,27-,28-/m1/s1. The highest BCUT2D eigenvalue weighted by atomic mass is 16.3. The average Bonchev–Trinajstić information content (AvgIpc) is 3.09. The maximum absolute atomic E-state index is 13.2. The molecule has 0 bridgehead atoms. The fraction of sp³-hybridized carbons (Fsp3) is 0.893. The van der Waals surface area contributed by atoms with Gasteiger partial charge in [0.2, 0.25) is 0 Å². The van der Waals surface area contributed by atoms with Gasteiger partial charge in [-0.3, -0.25) is 4.79 Å². The van der Waals surface area contributed by atoms with Crippen LogP contribution < -0.4 is 0 Å². The molecular weight excluding hydrogens is 398 g/mol. The van der Waals surface area contributed by atoms with Crippen LogP contribution in [-0.4, -0.2) is 52.7 Å². The van der Waals surface area contributed by atoms with E-state index >= 15 is 0 Å². The van der Waals surface area contributed by atoms with Gasteiger partial charge in [0, 0.05) is 24.9 Å². The van der Waals surface area contributed by atoms with Gasteiger partial charge in [-0.2, -0.15) is 0 Å². The SMILES string of the molecule is CC1=C2CC3C(CC(=O)[C@H]4C[C@@H](O)CC[C@]34C)C2CC[C@@H]1[C@@H](C)[C@@H]1[C@H](O)C[C@@H](C)CN1C. The molecule has 1 saturated heterocycles. The monoisotopic (exact) mass is 443 g/mol. The molecule has 3 unspecified atom stereocenters. The molecule has 4 nitrogen and oxygen atoms in total. The number of fused-ring (bicyclic) bond motifs is 5. The Labute approximate surface area is 194 Å². The second-order valence-corrected chi connectivity index (χ2v) is 12.8. The Morgan fingerprint density at radius 2 is 1.88 bits per heavy atom. The van der Waals surface area contributed by atoms with E-state index in [4.69, 9.17) is 0 Å². The van der Waals surface area contributed by atoms with Gasteiger partial charge < -0.3 is 15.1 Å². The lowest BCUT2D eigenvalue weighted by Crippen LogP contribution is -2.54. The summed E-state index contributed by atoms with van der Waals surface area (Å²) in [7, 11) is 2.20. The lowest BCUT2D eigenvalue weighted by molar-refractivity contribution is -0.145. The van der Waals surface area contributed by atoms with E-state index in [9.17, 15) is 15.0 Å². The zero-order valence-corrected chi connectivity index (χ0v) is 20.9. The molecule has 5 aliphatic rings. The van der Waals surface area contributed by atoms with Crippen LogP contribution in [0, 0.1) is 46.8 Å². The summed E-state index contributed by atoms with van der Waals surface area (Å²) in [6.45, 7) is 10.5. The molecule has 4 heteroatoms. The minimum absolute atomic E-state index is 0.0660. The summed E-state index contributed by atoms with van der Waals surface area (Å²) in [6, 6.07) is 0.246. The molecule has 180 valence electrons. The number of aliphatic hydroxyl groups excluding tert-OH is 2. The molecular formula is C28H45NO3. The number of carbonyl (C=O) groups excluding carboxylic acids is 1. The van der Waals surface area contributed by atoms with Crippen LogP contribution in [0.2, 0.25) is 0 Å². The van der Waals surface area contributed by atoms with Gasteiger partial charge in [0.25, 0.3) is 0 Å². The predicted octanol–water partition coefficient (Wildman–Crippen LogP) is 4.44. The highest BCUT2D eigenvalue weighted by Crippen LogP contribution is 2.64. The number of aliphatic hydroxyl groups is 2. The number of likely N-dealkylation sites (N-methyl/N-ethyl adjacent to an activating group) is 1. The fourth-order valence-corrected chi connectivity index (χ4v) is 9.55. The maximum Gasteiger partial charge on any atom is 0.136 e. The smallest absolute Gasteiger partial charge is 0.136 e. The lowest BCUT2D eigenvalue weighted by Gasteiger charge is -2.52. The largest absolute Gasteiger partial charge is 0.393 e. The van der Waals surface area contributed by atoms with Gasteiger partial charge in [-0.1, -0.05) is 31.9 Å². The van der Waals surface area contributed by atoms with Crippen molar-refractivity contribution >= 4 is 5.78 Å². The Hall–Kier alpha value is -0.710. The summed E-state index contributed by atoms with van der Waals surface area (Å²) in [5.41, 5.74) is 3.33. The van der Waals surface area contributed by atoms with E-state index in [0.717, 1.165) is 32.2 Å². The minimum atomic E-state index is -0.287. The number of hydrogen-bond acceptors (Lipinski definition) is 4. The third kappa shape index (κ3) is 3.46. The Morgan fingerprint density at radius 3 is 2.59 bits per heavy atom. The number of ketones is 1. The van der Waals surface area contributed by atoms with Crippen LogP contribution in [0.1, 0.15) is 79.1 Å². The first-order chi connectivity index (χ1) is 15.1. The Bertz CT molecular complexity index is 780. The first kappa shape index (κ1) is 23.1. The summed E-state index contributed by atoms with van der Waals surface area (Å²) in [6.07, 6.45) is 7.26. The van der Waals surface area contributed by atoms with Gasteiger partial charge in [-0.05, 0) is 99.8 Å². The van der Waals surface area contributed by atoms with Gasteiger partial charge in [0.15, 0.2) is 0 Å². The summed E-state index contributed by atoms with van der Waals surface area (Å²) in [5, 5.41) is 21.2. The van der Waals surface area contributed by atoms with Crippen molar-refractivity contribution in [3.05, 3.63) is 11.1 Å². The van der Waals surface area contributed by atoms with Gasteiger partial charge in [0.1, 0.15) is 5.78 Å². The second-order valence-electron chi connectivity index (χ2n) is 12.8. The van der Waals surface area contributed by atoms with Crippen molar-refractivity contribution in [2.24, 2.45) is 46.8 Å². The number of hydrogen-bond donors (Lipinski definition) is 2. The van der Waals surface area contributed by atoms with Crippen molar-refractivity contribution < 1.29 is 15.0 Å². The van der Waals surface area contributed by atoms with Gasteiger partial charge in [-0.25, -0.2) is 0 Å². The lowest BCUT2D eigenvalue weighted by atomic mass is 9.51. The molecule has 0 amide bonds. The number of rotatable bonds is 2. The first-order valence-electron chi connectivity index (χ1n) is 13.4. The number of allylic oxidation sites excluding steroid dienone is 2. The highest BCUT2D eigenvalue weighted by molar-refractivity contribution is 5.83. The summed E-state index contributed by atoms with van der Waals surface area (Å²) >= 11 is 0. The molecule has 32 heavy (non-hydrogen) atoms. The molecule has 11 atom stereocenters. The minimum Gasteiger partial charge on any atom is -0.393 e. The van der Waals surface area contributed by atoms with Crippen LogP contribution in [0.15, 0.2) is 11.1 Å². The topological polar surface area (TPSA) is 60.8 Å². The van der Waals surface area contributed by atoms with Crippen molar-refractivity contribution in [1.29, 1.82) is 0 Å². The number of carbonyl (C=O) groups is 1. The second kappa shape index (κ2) is 8.20. The number of Topliss-reactive ketones (excluding diaryl/α,β-unsaturated/α-hetero) is 1. The maximum atomic E-state index is 13.2. The molecule has 1 heterocycles. The van der Waals surface area contributed by atoms with Gasteiger partial charge in [-0.15, -0.1) is 0 Å². The Morgan fingerprint density at radius 1 is 1.12 bits per heavy atom. The van der Waals surface area contributed by atoms with Crippen molar-refractivity contribution in [3.63, 3.8) is 0 Å².